The second kappa shape index (κ2) is 4.23. The Bertz CT molecular complexity index is 447. The van der Waals surface area contributed by atoms with Gasteiger partial charge in [-0.15, -0.1) is 0 Å². The van der Waals surface area contributed by atoms with Gasteiger partial charge in [-0.05, 0) is 19.1 Å². The number of aryl methyl sites for hydroxylation is 1. The van der Waals surface area contributed by atoms with Gasteiger partial charge in [0, 0.05) is 18.4 Å². The van der Waals surface area contributed by atoms with Crippen molar-refractivity contribution >= 4 is 0 Å². The molecule has 0 spiro atoms. The Morgan fingerprint density at radius 2 is 2.27 bits per heavy atom. The standard InChI is InChI=1S/C11H14N4/c1-9-3-2-4-10(14-9)7-15-8-13-6-11(15)5-12/h2-4,6,8H,5,7,12H2,1H3. The van der Waals surface area contributed by atoms with Crippen LogP contribution in [0.15, 0.2) is 30.7 Å². The van der Waals surface area contributed by atoms with Crippen LogP contribution in [0.1, 0.15) is 17.1 Å². The van der Waals surface area contributed by atoms with Gasteiger partial charge < -0.3 is 10.3 Å². The molecule has 2 rings (SSSR count). The molecule has 0 aliphatic rings. The van der Waals surface area contributed by atoms with Crippen LogP contribution in [0.3, 0.4) is 0 Å². The van der Waals surface area contributed by atoms with Crippen LogP contribution in [0.25, 0.3) is 0 Å². The highest BCUT2D eigenvalue weighted by Gasteiger charge is 2.01. The highest BCUT2D eigenvalue weighted by molar-refractivity contribution is 5.11. The van der Waals surface area contributed by atoms with Crippen LogP contribution < -0.4 is 5.73 Å². The quantitative estimate of drug-likeness (QED) is 0.810. The molecule has 78 valence electrons. The van der Waals surface area contributed by atoms with Gasteiger partial charge in [0.05, 0.1) is 24.3 Å². The minimum Gasteiger partial charge on any atom is -0.327 e. The topological polar surface area (TPSA) is 56.7 Å². The van der Waals surface area contributed by atoms with Crippen molar-refractivity contribution < 1.29 is 0 Å². The number of hydrogen-bond donors (Lipinski definition) is 1. The van der Waals surface area contributed by atoms with Crippen LogP contribution in [0.4, 0.5) is 0 Å². The molecule has 2 aromatic rings. The first kappa shape index (κ1) is 9.86. The van der Waals surface area contributed by atoms with Crippen LogP contribution >= 0.6 is 0 Å². The van der Waals surface area contributed by atoms with Crippen LogP contribution in [0.5, 0.6) is 0 Å². The lowest BCUT2D eigenvalue weighted by Crippen LogP contribution is -2.08. The molecule has 4 nitrogen and oxygen atoms in total. The smallest absolute Gasteiger partial charge is 0.0952 e. The number of nitrogens with two attached hydrogens (primary N) is 1. The van der Waals surface area contributed by atoms with Crippen molar-refractivity contribution in [2.45, 2.75) is 20.0 Å². The Balaban J connectivity index is 2.22. The molecule has 4 heteroatoms. The van der Waals surface area contributed by atoms with Gasteiger partial charge in [-0.2, -0.15) is 0 Å². The molecular formula is C11H14N4. The van der Waals surface area contributed by atoms with E-state index in [0.717, 1.165) is 23.6 Å². The van der Waals surface area contributed by atoms with Crippen LogP contribution in [0.2, 0.25) is 0 Å². The van der Waals surface area contributed by atoms with Crippen molar-refractivity contribution in [3.63, 3.8) is 0 Å². The van der Waals surface area contributed by atoms with E-state index in [2.05, 4.69) is 9.97 Å². The summed E-state index contributed by atoms with van der Waals surface area (Å²) in [6.45, 7) is 3.22. The van der Waals surface area contributed by atoms with Crippen LogP contribution in [0, 0.1) is 6.92 Å². The van der Waals surface area contributed by atoms with E-state index in [9.17, 15) is 0 Å². The molecule has 2 aromatic heterocycles. The van der Waals surface area contributed by atoms with E-state index < -0.39 is 0 Å². The number of nitrogens with zero attached hydrogens (tertiary/aromatic N) is 3. The van der Waals surface area contributed by atoms with E-state index in [1.54, 1.807) is 12.5 Å². The average molecular weight is 202 g/mol. The predicted octanol–water partition coefficient (Wildman–Crippen LogP) is 1.09. The van der Waals surface area contributed by atoms with Crippen molar-refractivity contribution in [2.24, 2.45) is 5.73 Å². The Labute approximate surface area is 88.8 Å². The maximum atomic E-state index is 5.60. The lowest BCUT2D eigenvalue weighted by molar-refractivity contribution is 0.721. The van der Waals surface area contributed by atoms with Gasteiger partial charge in [-0.3, -0.25) is 4.98 Å². The van der Waals surface area contributed by atoms with Gasteiger partial charge >= 0.3 is 0 Å². The molecule has 2 N–H and O–H groups in total. The molecule has 15 heavy (non-hydrogen) atoms. The third-order valence-corrected chi connectivity index (χ3v) is 2.29. The van der Waals surface area contributed by atoms with Crippen molar-refractivity contribution in [1.29, 1.82) is 0 Å². The SMILES string of the molecule is Cc1cccc(Cn2cncc2CN)n1. The first-order valence-electron chi connectivity index (χ1n) is 4.91. The summed E-state index contributed by atoms with van der Waals surface area (Å²) in [7, 11) is 0. The molecule has 0 amide bonds. The molecule has 0 saturated carbocycles. The number of hydrogen-bond acceptors (Lipinski definition) is 3. The minimum atomic E-state index is 0.506. The lowest BCUT2D eigenvalue weighted by atomic mass is 10.3. The summed E-state index contributed by atoms with van der Waals surface area (Å²) < 4.78 is 2.02. The van der Waals surface area contributed by atoms with E-state index in [-0.39, 0.29) is 0 Å². The average Bonchev–Trinajstić information content (AvgIpc) is 2.65. The lowest BCUT2D eigenvalue weighted by Gasteiger charge is -2.06. The first-order valence-corrected chi connectivity index (χ1v) is 4.91. The maximum Gasteiger partial charge on any atom is 0.0952 e. The van der Waals surface area contributed by atoms with Gasteiger partial charge in [-0.25, -0.2) is 4.98 Å². The third-order valence-electron chi connectivity index (χ3n) is 2.29. The zero-order valence-corrected chi connectivity index (χ0v) is 8.72. The number of aromatic nitrogens is 3. The highest BCUT2D eigenvalue weighted by atomic mass is 15.1. The molecule has 0 aliphatic heterocycles. The second-order valence-electron chi connectivity index (χ2n) is 3.49. The Morgan fingerprint density at radius 1 is 1.40 bits per heavy atom. The Kier molecular flexibility index (Phi) is 2.78. The van der Waals surface area contributed by atoms with E-state index >= 15 is 0 Å². The summed E-state index contributed by atoms with van der Waals surface area (Å²) >= 11 is 0. The van der Waals surface area contributed by atoms with Gasteiger partial charge in [-0.1, -0.05) is 6.07 Å². The Hall–Kier alpha value is -1.68. The summed E-state index contributed by atoms with van der Waals surface area (Å²) in [5.41, 5.74) is 8.68. The minimum absolute atomic E-state index is 0.506. The first-order chi connectivity index (χ1) is 7.29. The van der Waals surface area contributed by atoms with E-state index in [1.807, 2.05) is 29.7 Å². The van der Waals surface area contributed by atoms with E-state index in [4.69, 9.17) is 5.73 Å². The summed E-state index contributed by atoms with van der Waals surface area (Å²) in [5.74, 6) is 0. The fraction of sp³-hybridized carbons (Fsp3) is 0.273. The molecule has 2 heterocycles. The zero-order chi connectivity index (χ0) is 10.7. The molecule has 0 aliphatic carbocycles. The van der Waals surface area contributed by atoms with Crippen LogP contribution in [-0.2, 0) is 13.1 Å². The van der Waals surface area contributed by atoms with Gasteiger partial charge in [0.2, 0.25) is 0 Å². The fourth-order valence-electron chi connectivity index (χ4n) is 1.52. The number of imidazole rings is 1. The number of rotatable bonds is 3. The van der Waals surface area contributed by atoms with Crippen molar-refractivity contribution in [1.82, 2.24) is 14.5 Å². The van der Waals surface area contributed by atoms with Gasteiger partial charge in [0.1, 0.15) is 0 Å². The summed E-state index contributed by atoms with van der Waals surface area (Å²) in [6.07, 6.45) is 3.57. The molecule has 0 fully saturated rings. The van der Waals surface area contributed by atoms with Gasteiger partial charge in [0.15, 0.2) is 0 Å². The fourth-order valence-corrected chi connectivity index (χ4v) is 1.52. The largest absolute Gasteiger partial charge is 0.327 e. The monoisotopic (exact) mass is 202 g/mol. The molecule has 0 unspecified atom stereocenters. The van der Waals surface area contributed by atoms with Crippen molar-refractivity contribution in [3.05, 3.63) is 47.8 Å². The van der Waals surface area contributed by atoms with E-state index in [0.29, 0.717) is 6.54 Å². The number of pyridine rings is 1. The highest BCUT2D eigenvalue weighted by Crippen LogP contribution is 2.04. The molecule has 0 bridgehead atoms. The molecule has 0 atom stereocenters. The second-order valence-corrected chi connectivity index (χ2v) is 3.49. The summed E-state index contributed by atoms with van der Waals surface area (Å²) in [5, 5.41) is 0. The maximum absolute atomic E-state index is 5.60. The van der Waals surface area contributed by atoms with Crippen molar-refractivity contribution in [3.8, 4) is 0 Å². The Morgan fingerprint density at radius 3 is 3.00 bits per heavy atom. The van der Waals surface area contributed by atoms with Crippen LogP contribution in [-0.4, -0.2) is 14.5 Å². The third kappa shape index (κ3) is 2.22. The van der Waals surface area contributed by atoms with E-state index in [1.165, 1.54) is 0 Å². The summed E-state index contributed by atoms with van der Waals surface area (Å²) in [4.78, 5) is 8.50. The zero-order valence-electron chi connectivity index (χ0n) is 8.72. The molecule has 0 aromatic carbocycles. The van der Waals surface area contributed by atoms with Crippen molar-refractivity contribution in [2.75, 3.05) is 0 Å². The normalized spacial score (nSPS) is 10.5. The predicted molar refractivity (Wildman–Crippen MR) is 58.2 cm³/mol. The molecule has 0 saturated heterocycles. The summed E-state index contributed by atoms with van der Waals surface area (Å²) in [6, 6.07) is 6.01. The molecular weight excluding hydrogens is 188 g/mol. The molecule has 0 radical (unpaired) electrons. The van der Waals surface area contributed by atoms with Gasteiger partial charge in [0.25, 0.3) is 0 Å².